The summed E-state index contributed by atoms with van der Waals surface area (Å²) in [7, 11) is 0. The average Bonchev–Trinajstić information content (AvgIpc) is 2.20. The van der Waals surface area contributed by atoms with Crippen LogP contribution in [-0.4, -0.2) is 13.2 Å². The average molecular weight is 276 g/mol. The van der Waals surface area contributed by atoms with Gasteiger partial charge in [-0.2, -0.15) is 0 Å². The molecule has 0 aromatic heterocycles. The number of halogens is 2. The van der Waals surface area contributed by atoms with Crippen molar-refractivity contribution in [1.29, 1.82) is 0 Å². The number of rotatable bonds is 4. The lowest BCUT2D eigenvalue weighted by atomic mass is 9.95. The molecule has 1 rings (SSSR count). The third-order valence-corrected chi connectivity index (χ3v) is 2.68. The van der Waals surface area contributed by atoms with Crippen LogP contribution in [0.15, 0.2) is 22.7 Å². The molecule has 2 nitrogen and oxygen atoms in total. The van der Waals surface area contributed by atoms with E-state index in [1.54, 1.807) is 12.1 Å². The molecule has 0 bridgehead atoms. The van der Waals surface area contributed by atoms with Crippen molar-refractivity contribution in [3.05, 3.63) is 28.5 Å². The first-order valence-electron chi connectivity index (χ1n) is 4.72. The van der Waals surface area contributed by atoms with Gasteiger partial charge in [0.25, 0.3) is 0 Å². The molecule has 0 saturated carbocycles. The fourth-order valence-electron chi connectivity index (χ4n) is 0.904. The molecule has 0 aliphatic carbocycles. The number of nitrogens with two attached hydrogens (primary N) is 1. The van der Waals surface area contributed by atoms with Crippen LogP contribution in [0.2, 0.25) is 0 Å². The minimum atomic E-state index is -0.291. The molecular formula is C11H15BrFNO. The van der Waals surface area contributed by atoms with E-state index in [4.69, 9.17) is 10.5 Å². The highest BCUT2D eigenvalue weighted by molar-refractivity contribution is 9.10. The van der Waals surface area contributed by atoms with E-state index < -0.39 is 0 Å². The number of hydrogen-bond donors (Lipinski definition) is 1. The standard InChI is InChI=1S/C11H15BrFNO/c1-11(2,6-14)7-15-8-3-4-10(13)9(12)5-8/h3-5H,6-7,14H2,1-2H3. The van der Waals surface area contributed by atoms with Crippen molar-refractivity contribution < 1.29 is 9.13 Å². The van der Waals surface area contributed by atoms with Crippen LogP contribution in [0.25, 0.3) is 0 Å². The first-order valence-corrected chi connectivity index (χ1v) is 5.52. The molecule has 1 aromatic rings. The molecule has 0 saturated heterocycles. The first kappa shape index (κ1) is 12.5. The summed E-state index contributed by atoms with van der Waals surface area (Å²) < 4.78 is 18.8. The third-order valence-electron chi connectivity index (χ3n) is 2.07. The molecule has 84 valence electrons. The van der Waals surface area contributed by atoms with Crippen LogP contribution in [0.4, 0.5) is 4.39 Å². The molecule has 0 aliphatic heterocycles. The Morgan fingerprint density at radius 1 is 1.47 bits per heavy atom. The van der Waals surface area contributed by atoms with Crippen molar-refractivity contribution in [2.75, 3.05) is 13.2 Å². The molecule has 0 aliphatic rings. The van der Waals surface area contributed by atoms with Crippen molar-refractivity contribution in [1.82, 2.24) is 0 Å². The maximum Gasteiger partial charge on any atom is 0.137 e. The summed E-state index contributed by atoms with van der Waals surface area (Å²) in [5, 5.41) is 0. The lowest BCUT2D eigenvalue weighted by Crippen LogP contribution is -2.30. The molecule has 0 atom stereocenters. The van der Waals surface area contributed by atoms with Crippen LogP contribution in [0.3, 0.4) is 0 Å². The van der Waals surface area contributed by atoms with E-state index in [-0.39, 0.29) is 11.2 Å². The molecule has 0 unspecified atom stereocenters. The number of benzene rings is 1. The Morgan fingerprint density at radius 3 is 2.67 bits per heavy atom. The zero-order chi connectivity index (χ0) is 11.5. The first-order chi connectivity index (χ1) is 6.94. The Labute approximate surface area is 97.7 Å². The van der Waals surface area contributed by atoms with E-state index in [0.717, 1.165) is 0 Å². The van der Waals surface area contributed by atoms with E-state index in [0.29, 0.717) is 23.4 Å². The minimum Gasteiger partial charge on any atom is -0.493 e. The molecule has 1 aromatic carbocycles. The quantitative estimate of drug-likeness (QED) is 0.917. The van der Waals surface area contributed by atoms with Gasteiger partial charge in [0.1, 0.15) is 11.6 Å². The largest absolute Gasteiger partial charge is 0.493 e. The summed E-state index contributed by atoms with van der Waals surface area (Å²) in [5.74, 6) is 0.352. The Hall–Kier alpha value is -0.610. The fourth-order valence-corrected chi connectivity index (χ4v) is 1.26. The van der Waals surface area contributed by atoms with Crippen molar-refractivity contribution in [3.8, 4) is 5.75 Å². The third kappa shape index (κ3) is 3.80. The van der Waals surface area contributed by atoms with Gasteiger partial charge in [-0.3, -0.25) is 0 Å². The van der Waals surface area contributed by atoms with Gasteiger partial charge in [-0.1, -0.05) is 13.8 Å². The predicted octanol–water partition coefficient (Wildman–Crippen LogP) is 2.95. The molecule has 4 heteroatoms. The number of hydrogen-bond acceptors (Lipinski definition) is 2. The summed E-state index contributed by atoms with van der Waals surface area (Å²) in [6.07, 6.45) is 0. The Morgan fingerprint density at radius 2 is 2.13 bits per heavy atom. The Bertz CT molecular complexity index is 341. The fraction of sp³-hybridized carbons (Fsp3) is 0.455. The SMILES string of the molecule is CC(C)(CN)COc1ccc(F)c(Br)c1. The highest BCUT2D eigenvalue weighted by atomic mass is 79.9. The molecule has 0 radical (unpaired) electrons. The van der Waals surface area contributed by atoms with Crippen LogP contribution in [0, 0.1) is 11.2 Å². The van der Waals surface area contributed by atoms with E-state index in [1.165, 1.54) is 6.07 Å². The maximum absolute atomic E-state index is 12.9. The normalized spacial score (nSPS) is 11.5. The smallest absolute Gasteiger partial charge is 0.137 e. The molecule has 0 amide bonds. The number of ether oxygens (including phenoxy) is 1. The van der Waals surface area contributed by atoms with Crippen LogP contribution in [-0.2, 0) is 0 Å². The highest BCUT2D eigenvalue weighted by Gasteiger charge is 2.16. The monoisotopic (exact) mass is 275 g/mol. The highest BCUT2D eigenvalue weighted by Crippen LogP contribution is 2.23. The second kappa shape index (κ2) is 4.94. The van der Waals surface area contributed by atoms with Gasteiger partial charge in [0.05, 0.1) is 11.1 Å². The zero-order valence-electron chi connectivity index (χ0n) is 8.89. The van der Waals surface area contributed by atoms with Crippen molar-refractivity contribution in [2.24, 2.45) is 11.1 Å². The minimum absolute atomic E-state index is 0.0686. The summed E-state index contributed by atoms with van der Waals surface area (Å²) in [6, 6.07) is 4.59. The van der Waals surface area contributed by atoms with Crippen molar-refractivity contribution >= 4 is 15.9 Å². The summed E-state index contributed by atoms with van der Waals surface area (Å²) in [4.78, 5) is 0. The van der Waals surface area contributed by atoms with Gasteiger partial charge in [0, 0.05) is 12.0 Å². The molecule has 0 fully saturated rings. The van der Waals surface area contributed by atoms with Gasteiger partial charge in [0.2, 0.25) is 0 Å². The summed E-state index contributed by atoms with van der Waals surface area (Å²) >= 11 is 3.10. The van der Waals surface area contributed by atoms with E-state index in [2.05, 4.69) is 15.9 Å². The topological polar surface area (TPSA) is 35.2 Å². The summed E-state index contributed by atoms with van der Waals surface area (Å²) in [6.45, 7) is 5.11. The zero-order valence-corrected chi connectivity index (χ0v) is 10.5. The van der Waals surface area contributed by atoms with Crippen molar-refractivity contribution in [2.45, 2.75) is 13.8 Å². The molecular weight excluding hydrogens is 261 g/mol. The lowest BCUT2D eigenvalue weighted by molar-refractivity contribution is 0.187. The van der Waals surface area contributed by atoms with Gasteiger partial charge in [0.15, 0.2) is 0 Å². The Kier molecular flexibility index (Phi) is 4.11. The van der Waals surface area contributed by atoms with Gasteiger partial charge < -0.3 is 10.5 Å². The van der Waals surface area contributed by atoms with Crippen LogP contribution in [0.5, 0.6) is 5.75 Å². The van der Waals surface area contributed by atoms with Crippen LogP contribution in [0.1, 0.15) is 13.8 Å². The molecule has 0 heterocycles. The van der Waals surface area contributed by atoms with E-state index in [9.17, 15) is 4.39 Å². The molecule has 2 N–H and O–H groups in total. The van der Waals surface area contributed by atoms with Crippen molar-refractivity contribution in [3.63, 3.8) is 0 Å². The lowest BCUT2D eigenvalue weighted by Gasteiger charge is -2.22. The van der Waals surface area contributed by atoms with Gasteiger partial charge in [-0.15, -0.1) is 0 Å². The second-order valence-corrected chi connectivity index (χ2v) is 5.09. The van der Waals surface area contributed by atoms with Gasteiger partial charge in [-0.05, 0) is 34.1 Å². The van der Waals surface area contributed by atoms with E-state index in [1.807, 2.05) is 13.8 Å². The maximum atomic E-state index is 12.9. The second-order valence-electron chi connectivity index (χ2n) is 4.23. The Balaban J connectivity index is 2.62. The predicted molar refractivity (Wildman–Crippen MR) is 62.4 cm³/mol. The molecule has 0 spiro atoms. The van der Waals surface area contributed by atoms with Crippen LogP contribution >= 0.6 is 15.9 Å². The van der Waals surface area contributed by atoms with E-state index >= 15 is 0 Å². The van der Waals surface area contributed by atoms with Gasteiger partial charge in [-0.25, -0.2) is 4.39 Å². The summed E-state index contributed by atoms with van der Waals surface area (Å²) in [5.41, 5.74) is 5.51. The molecule has 15 heavy (non-hydrogen) atoms. The van der Waals surface area contributed by atoms with Gasteiger partial charge >= 0.3 is 0 Å². The van der Waals surface area contributed by atoms with Crippen LogP contribution < -0.4 is 10.5 Å².